The number of benzene rings is 2. The van der Waals surface area contributed by atoms with Gasteiger partial charge in [-0.2, -0.15) is 0 Å². The van der Waals surface area contributed by atoms with Crippen molar-refractivity contribution in [2.75, 3.05) is 0 Å². The number of aliphatic imine (C=N–C) groups is 1. The van der Waals surface area contributed by atoms with Gasteiger partial charge in [0, 0.05) is 11.6 Å². The van der Waals surface area contributed by atoms with Gasteiger partial charge in [0.2, 0.25) is 5.52 Å². The molecular weight excluding hydrogens is 302 g/mol. The number of rotatable bonds is 3. The summed E-state index contributed by atoms with van der Waals surface area (Å²) >= 11 is 0. The summed E-state index contributed by atoms with van der Waals surface area (Å²) < 4.78 is 4.58. The van der Waals surface area contributed by atoms with Crippen molar-refractivity contribution in [2.45, 2.75) is 6.92 Å². The molecule has 0 radical (unpaired) electrons. The highest BCUT2D eigenvalue weighted by Gasteiger charge is 2.19. The minimum Gasteiger partial charge on any atom is -0.290 e. The van der Waals surface area contributed by atoms with Gasteiger partial charge in [-0.1, -0.05) is 29.8 Å². The van der Waals surface area contributed by atoms with Crippen LogP contribution < -0.4 is 5.48 Å². The van der Waals surface area contributed by atoms with Crippen molar-refractivity contribution in [3.8, 4) is 0 Å². The summed E-state index contributed by atoms with van der Waals surface area (Å²) in [5, 5.41) is 27.5. The molecule has 0 fully saturated rings. The number of non-ortho nitro benzene ring substituents is 1. The number of nitro benzene ring substituents is 1. The average molecular weight is 313 g/mol. The number of nitrogens with one attached hydrogen (secondary N) is 1. The standard InChI is InChI=1S/C14H11N5O4/c1-8-2-4-9(5-3-8)14(16-20)15-10-6-7-11(19(21)22)13-12(10)17-23-18-13/h2-7,20H,1H3,(H,15,16). The fourth-order valence-corrected chi connectivity index (χ4v) is 2.06. The maximum absolute atomic E-state index is 11.0. The van der Waals surface area contributed by atoms with Crippen LogP contribution in [0.3, 0.4) is 0 Å². The Hall–Kier alpha value is -3.33. The van der Waals surface area contributed by atoms with Crippen LogP contribution >= 0.6 is 0 Å². The van der Waals surface area contributed by atoms with E-state index in [1.54, 1.807) is 12.1 Å². The molecule has 0 aliphatic heterocycles. The van der Waals surface area contributed by atoms with E-state index in [4.69, 9.17) is 0 Å². The van der Waals surface area contributed by atoms with Gasteiger partial charge in [-0.3, -0.25) is 20.8 Å². The number of hydrogen-bond acceptors (Lipinski definition) is 7. The molecule has 0 saturated heterocycles. The van der Waals surface area contributed by atoms with Crippen LogP contribution in [0.5, 0.6) is 0 Å². The SMILES string of the molecule is Cc1ccc(C(=Nc2ccc([N+](=O)[O-])c3nonc23)NO)cc1. The third-order valence-electron chi connectivity index (χ3n) is 3.23. The maximum Gasteiger partial charge on any atom is 0.300 e. The molecule has 9 nitrogen and oxygen atoms in total. The second-order valence-electron chi connectivity index (χ2n) is 4.76. The van der Waals surface area contributed by atoms with E-state index in [1.165, 1.54) is 12.1 Å². The van der Waals surface area contributed by atoms with Gasteiger partial charge in [0.15, 0.2) is 11.4 Å². The van der Waals surface area contributed by atoms with E-state index in [9.17, 15) is 15.3 Å². The molecule has 0 aliphatic rings. The number of nitrogens with zero attached hydrogens (tertiary/aromatic N) is 4. The van der Waals surface area contributed by atoms with Crippen molar-refractivity contribution >= 4 is 28.2 Å². The Kier molecular flexibility index (Phi) is 3.69. The molecule has 0 atom stereocenters. The largest absolute Gasteiger partial charge is 0.300 e. The minimum absolute atomic E-state index is 0.00236. The Morgan fingerprint density at radius 1 is 1.22 bits per heavy atom. The topological polar surface area (TPSA) is 127 Å². The average Bonchev–Trinajstić information content (AvgIpc) is 3.03. The Labute approximate surface area is 129 Å². The summed E-state index contributed by atoms with van der Waals surface area (Å²) in [6.45, 7) is 1.94. The lowest BCUT2D eigenvalue weighted by Gasteiger charge is -2.05. The van der Waals surface area contributed by atoms with E-state index in [0.717, 1.165) is 5.56 Å². The number of aryl methyl sites for hydroxylation is 1. The monoisotopic (exact) mass is 313 g/mol. The summed E-state index contributed by atoms with van der Waals surface area (Å²) in [6, 6.07) is 9.96. The van der Waals surface area contributed by atoms with Gasteiger partial charge in [0.05, 0.1) is 10.6 Å². The van der Waals surface area contributed by atoms with Crippen molar-refractivity contribution in [3.05, 3.63) is 57.6 Å². The normalized spacial score (nSPS) is 11.7. The van der Waals surface area contributed by atoms with E-state index in [0.29, 0.717) is 5.56 Å². The van der Waals surface area contributed by atoms with Crippen molar-refractivity contribution in [1.82, 2.24) is 15.8 Å². The molecule has 9 heteroatoms. The molecule has 0 unspecified atom stereocenters. The van der Waals surface area contributed by atoms with Crippen molar-refractivity contribution in [1.29, 1.82) is 0 Å². The molecule has 0 spiro atoms. The molecule has 3 aromatic rings. The summed E-state index contributed by atoms with van der Waals surface area (Å²) in [4.78, 5) is 14.6. The lowest BCUT2D eigenvalue weighted by Crippen LogP contribution is -2.19. The molecule has 1 aromatic heterocycles. The van der Waals surface area contributed by atoms with Crippen LogP contribution in [0.2, 0.25) is 0 Å². The number of hydroxylamine groups is 1. The molecule has 0 saturated carbocycles. The predicted octanol–water partition coefficient (Wildman–Crippen LogP) is 2.50. The summed E-state index contributed by atoms with van der Waals surface area (Å²) in [6.07, 6.45) is 0. The third kappa shape index (κ3) is 2.72. The van der Waals surface area contributed by atoms with Gasteiger partial charge in [-0.15, -0.1) is 0 Å². The van der Waals surface area contributed by atoms with E-state index in [1.807, 2.05) is 24.5 Å². The van der Waals surface area contributed by atoms with Gasteiger partial charge in [0.1, 0.15) is 0 Å². The van der Waals surface area contributed by atoms with Gasteiger partial charge in [0.25, 0.3) is 0 Å². The van der Waals surface area contributed by atoms with E-state index >= 15 is 0 Å². The Morgan fingerprint density at radius 2 is 1.91 bits per heavy atom. The van der Waals surface area contributed by atoms with Gasteiger partial charge < -0.3 is 0 Å². The first-order chi connectivity index (χ1) is 11.1. The molecule has 23 heavy (non-hydrogen) atoms. The molecule has 3 rings (SSSR count). The highest BCUT2D eigenvalue weighted by molar-refractivity contribution is 6.02. The first kappa shape index (κ1) is 14.6. The summed E-state index contributed by atoms with van der Waals surface area (Å²) in [5.41, 5.74) is 3.91. The van der Waals surface area contributed by atoms with E-state index in [-0.39, 0.29) is 28.2 Å². The van der Waals surface area contributed by atoms with Gasteiger partial charge in [-0.25, -0.2) is 9.62 Å². The van der Waals surface area contributed by atoms with E-state index in [2.05, 4.69) is 19.9 Å². The first-order valence-electron chi connectivity index (χ1n) is 6.55. The molecule has 0 bridgehead atoms. The highest BCUT2D eigenvalue weighted by Crippen LogP contribution is 2.30. The van der Waals surface area contributed by atoms with Crippen LogP contribution in [-0.4, -0.2) is 26.3 Å². The molecule has 0 aliphatic carbocycles. The second kappa shape index (κ2) is 5.81. The lowest BCUT2D eigenvalue weighted by atomic mass is 10.1. The van der Waals surface area contributed by atoms with Crippen LogP contribution in [0.15, 0.2) is 46.0 Å². The fourth-order valence-electron chi connectivity index (χ4n) is 2.06. The number of hydrogen-bond donors (Lipinski definition) is 2. The molecule has 2 N–H and O–H groups in total. The molecule has 1 heterocycles. The number of nitro groups is 1. The molecule has 2 aromatic carbocycles. The van der Waals surface area contributed by atoms with Crippen molar-refractivity contribution < 1.29 is 14.8 Å². The third-order valence-corrected chi connectivity index (χ3v) is 3.23. The number of amidine groups is 1. The zero-order valence-corrected chi connectivity index (χ0v) is 11.9. The summed E-state index contributed by atoms with van der Waals surface area (Å²) in [7, 11) is 0. The lowest BCUT2D eigenvalue weighted by molar-refractivity contribution is -0.383. The van der Waals surface area contributed by atoms with Crippen LogP contribution in [0.25, 0.3) is 11.0 Å². The van der Waals surface area contributed by atoms with E-state index < -0.39 is 4.92 Å². The zero-order valence-electron chi connectivity index (χ0n) is 11.9. The Morgan fingerprint density at radius 3 is 2.57 bits per heavy atom. The Bertz CT molecular complexity index is 901. The first-order valence-corrected chi connectivity index (χ1v) is 6.55. The van der Waals surface area contributed by atoms with Crippen LogP contribution in [-0.2, 0) is 0 Å². The predicted molar refractivity (Wildman–Crippen MR) is 80.8 cm³/mol. The fraction of sp³-hybridized carbons (Fsp3) is 0.0714. The number of fused-ring (bicyclic) bond motifs is 1. The molecular formula is C14H11N5O4. The van der Waals surface area contributed by atoms with Gasteiger partial charge >= 0.3 is 5.69 Å². The molecule has 116 valence electrons. The van der Waals surface area contributed by atoms with Crippen molar-refractivity contribution in [3.63, 3.8) is 0 Å². The van der Waals surface area contributed by atoms with Gasteiger partial charge in [-0.05, 0) is 23.3 Å². The maximum atomic E-state index is 11.0. The quantitative estimate of drug-likeness (QED) is 0.329. The Balaban J connectivity index is 2.12. The molecule has 0 amide bonds. The van der Waals surface area contributed by atoms with Crippen LogP contribution in [0, 0.1) is 17.0 Å². The minimum atomic E-state index is -0.578. The van der Waals surface area contributed by atoms with Crippen LogP contribution in [0.1, 0.15) is 11.1 Å². The zero-order chi connectivity index (χ0) is 16.4. The highest BCUT2D eigenvalue weighted by atomic mass is 16.6. The number of aromatic nitrogens is 2. The van der Waals surface area contributed by atoms with Crippen molar-refractivity contribution in [2.24, 2.45) is 4.99 Å². The smallest absolute Gasteiger partial charge is 0.290 e. The summed E-state index contributed by atoms with van der Waals surface area (Å²) in [5.74, 6) is 0.170. The van der Waals surface area contributed by atoms with Crippen LogP contribution in [0.4, 0.5) is 11.4 Å². The second-order valence-corrected chi connectivity index (χ2v) is 4.76.